The molecule has 41 heteroatoms. The summed E-state index contributed by atoms with van der Waals surface area (Å²) in [4.78, 5) is 185. The number of nitrogens with one attached hydrogen (secondary N) is 2. The third-order valence-electron chi connectivity index (χ3n) is 24.4. The van der Waals surface area contributed by atoms with Crippen molar-refractivity contribution in [2.24, 2.45) is 0 Å². The number of likely N-dealkylation sites (N-methyl/N-ethyl adjacent to an activating group) is 3. The number of hydrazine groups is 2. The summed E-state index contributed by atoms with van der Waals surface area (Å²) in [7, 11) is 0. The number of imide groups is 2. The number of piperazine rings is 4. The number of halogens is 1. The number of aromatic nitrogens is 6. The average Bonchev–Trinajstić information content (AvgIpc) is 1.51. The fourth-order valence-corrected chi connectivity index (χ4v) is 17.6. The molecule has 16 rings (SSSR count). The zero-order chi connectivity index (χ0) is 99.4. The molecule has 4 N–H and O–H groups in total. The van der Waals surface area contributed by atoms with Crippen LogP contribution in [0.2, 0.25) is 5.28 Å². The first-order chi connectivity index (χ1) is 64.8. The standard InChI is InChI=1S/C36H48N8O6.C23H30ClN5O5.C13H17N3O3.C13H19N3O.C11H13N3O3.CH4/c1-8-40-18-20-41(21-19-40)29(45)24-12-14-26(15-13-24)38-31-37-23-25-22-27-42(28(25)39-31)36(16-10-9-11-17-36)30(46)44(33(48)50-35(5,6)7)43(27)32(47)49-34(2,3)4;1-21(2,3)33-19(31)28-15-12-14-13-25-18(24)26-16(14)27(15)23(10-8-7-9-11-23)17(30)29(28)20(32)34-22(4,5)6;1-2-14-7-9-15(10-8-14)13(17)11-3-5-12(6-4-11)16(18)19;1-2-15-7-9-16(10-8-15)13(17)11-3-5-12(14)6-4-11;15-11(13-7-5-12-6-8-13)9-1-3-10(4-2-9)14(16)17;/h12-15,22-23H,8-11,16-21H2,1-7H3,(H,37,38,39);12-13H,7-11H2,1-6H3;3-6H,2,7-10H2,1H3;3-6H,2,7-10,14H2,1H3;1-4,12H,5-8H2;1H4. The van der Waals surface area contributed by atoms with Gasteiger partial charge in [-0.3, -0.25) is 58.1 Å². The number of nitro benzene ring substituents is 2. The van der Waals surface area contributed by atoms with Crippen molar-refractivity contribution in [3.63, 3.8) is 0 Å². The molecule has 10 amide bonds. The Balaban J connectivity index is 0.000000178. The fraction of sp³-hybridized carbons (Fsp3) is 0.526. The minimum Gasteiger partial charge on any atom is -0.442 e. The zero-order valence-electron chi connectivity index (χ0n) is 80.9. The van der Waals surface area contributed by atoms with Crippen molar-refractivity contribution >= 4 is 134 Å². The molecule has 2 aliphatic carbocycles. The maximum Gasteiger partial charge on any atom is 0.437 e. The summed E-state index contributed by atoms with van der Waals surface area (Å²) in [6, 6.07) is 29.2. The van der Waals surface area contributed by atoms with E-state index in [2.05, 4.69) is 61.1 Å². The third kappa shape index (κ3) is 25.3. The number of amides is 10. The van der Waals surface area contributed by atoms with Crippen LogP contribution in [-0.4, -0.2) is 290 Å². The smallest absolute Gasteiger partial charge is 0.437 e. The quantitative estimate of drug-likeness (QED) is 0.0356. The number of benzene rings is 4. The van der Waals surface area contributed by atoms with Gasteiger partial charge in [0.15, 0.2) is 0 Å². The van der Waals surface area contributed by atoms with Gasteiger partial charge in [0.1, 0.15) is 56.4 Å². The molecule has 4 aromatic heterocycles. The van der Waals surface area contributed by atoms with Crippen LogP contribution < -0.4 is 26.4 Å². The van der Waals surface area contributed by atoms with E-state index in [9.17, 15) is 68.2 Å². The molecule has 6 aliphatic heterocycles. The summed E-state index contributed by atoms with van der Waals surface area (Å²) in [5.41, 5.74) is 4.25. The normalized spacial score (nSPS) is 17.4. The van der Waals surface area contributed by atoms with E-state index in [1.807, 2.05) is 21.9 Å². The molecule has 4 aromatic carbocycles. The lowest BCUT2D eigenvalue weighted by Crippen LogP contribution is -2.66. The molecule has 2 saturated carbocycles. The third-order valence-corrected chi connectivity index (χ3v) is 24.6. The monoisotopic (exact) mass is 1930 g/mol. The Bertz CT molecular complexity index is 5690. The molecule has 40 nitrogen and oxygen atoms in total. The van der Waals surface area contributed by atoms with Gasteiger partial charge in [-0.15, -0.1) is 10.0 Å². The predicted molar refractivity (Wildman–Crippen MR) is 522 cm³/mol. The Morgan fingerprint density at radius 2 is 0.725 bits per heavy atom. The summed E-state index contributed by atoms with van der Waals surface area (Å²) in [5, 5.41) is 32.1. The van der Waals surface area contributed by atoms with Gasteiger partial charge in [0.05, 0.1) is 9.85 Å². The second kappa shape index (κ2) is 44.6. The molecule has 0 radical (unpaired) electrons. The number of anilines is 5. The number of non-ortho nitro benzene ring substituents is 2. The zero-order valence-corrected chi connectivity index (χ0v) is 81.6. The minimum absolute atomic E-state index is 0. The maximum absolute atomic E-state index is 14.7. The van der Waals surface area contributed by atoms with E-state index in [1.165, 1.54) is 54.7 Å². The molecule has 4 saturated heterocycles. The number of carbonyl (C=O) groups is 10. The molecule has 2 spiro atoms. The summed E-state index contributed by atoms with van der Waals surface area (Å²) in [6.07, 6.45) is 6.22. The van der Waals surface area contributed by atoms with Crippen molar-refractivity contribution < 1.29 is 76.7 Å². The molecule has 0 atom stereocenters. The highest BCUT2D eigenvalue weighted by molar-refractivity contribution is 6.28. The summed E-state index contributed by atoms with van der Waals surface area (Å²) in [6.45, 7) is 42.7. The minimum atomic E-state index is -1.19. The van der Waals surface area contributed by atoms with E-state index in [0.29, 0.717) is 115 Å². The molecule has 0 unspecified atom stereocenters. The number of fused-ring (bicyclic) bond motifs is 8. The Morgan fingerprint density at radius 3 is 1.04 bits per heavy atom. The van der Waals surface area contributed by atoms with E-state index in [0.717, 1.165) is 149 Å². The lowest BCUT2D eigenvalue weighted by atomic mass is 9.79. The van der Waals surface area contributed by atoms with Crippen molar-refractivity contribution in [1.29, 1.82) is 0 Å². The molecular formula is C97H131ClN22O18. The van der Waals surface area contributed by atoms with E-state index >= 15 is 0 Å². The van der Waals surface area contributed by atoms with Gasteiger partial charge >= 0.3 is 24.4 Å². The van der Waals surface area contributed by atoms with Gasteiger partial charge in [0.25, 0.3) is 46.8 Å². The molecule has 8 aliphatic rings. The number of nitrogen functional groups attached to an aromatic ring is 1. The van der Waals surface area contributed by atoms with Crippen molar-refractivity contribution in [2.45, 2.75) is 209 Å². The number of ether oxygens (including phenoxy) is 4. The molecule has 6 fully saturated rings. The van der Waals surface area contributed by atoms with Gasteiger partial charge in [-0.1, -0.05) is 66.7 Å². The summed E-state index contributed by atoms with van der Waals surface area (Å²) < 4.78 is 26.1. The number of hydrogen-bond acceptors (Lipinski definition) is 28. The summed E-state index contributed by atoms with van der Waals surface area (Å²) >= 11 is 6.11. The van der Waals surface area contributed by atoms with E-state index in [1.54, 1.807) is 157 Å². The fourth-order valence-electron chi connectivity index (χ4n) is 17.5. The lowest BCUT2D eigenvalue weighted by Gasteiger charge is -2.48. The first-order valence-electron chi connectivity index (χ1n) is 46.7. The Hall–Kier alpha value is -13.1. The number of nitrogens with zero attached hydrogens (tertiary/aromatic N) is 19. The van der Waals surface area contributed by atoms with Gasteiger partial charge in [-0.2, -0.15) is 20.0 Å². The highest BCUT2D eigenvalue weighted by Gasteiger charge is 2.59. The van der Waals surface area contributed by atoms with Gasteiger partial charge in [-0.05, 0) is 225 Å². The van der Waals surface area contributed by atoms with Crippen LogP contribution in [0.4, 0.5) is 59.5 Å². The summed E-state index contributed by atoms with van der Waals surface area (Å²) in [5.74, 6) is -0.345. The average molecular weight is 1930 g/mol. The number of hydrogen-bond donors (Lipinski definition) is 3. The topological polar surface area (TPSA) is 441 Å². The van der Waals surface area contributed by atoms with E-state index in [-0.39, 0.29) is 65.3 Å². The van der Waals surface area contributed by atoms with E-state index in [4.69, 9.17) is 41.3 Å². The molecule has 10 heterocycles. The predicted octanol–water partition coefficient (Wildman–Crippen LogP) is 14.9. The second-order valence-corrected chi connectivity index (χ2v) is 39.0. The van der Waals surface area contributed by atoms with Crippen LogP contribution in [0.1, 0.15) is 217 Å². The van der Waals surface area contributed by atoms with Crippen LogP contribution in [-0.2, 0) is 39.6 Å². The van der Waals surface area contributed by atoms with Gasteiger partial charge in [-0.25, -0.2) is 29.1 Å². The van der Waals surface area contributed by atoms with Gasteiger partial charge in [0.2, 0.25) is 11.2 Å². The number of nitro groups is 2. The van der Waals surface area contributed by atoms with Crippen molar-refractivity contribution in [3.8, 4) is 0 Å². The largest absolute Gasteiger partial charge is 0.442 e. The van der Waals surface area contributed by atoms with Crippen LogP contribution in [0, 0.1) is 20.2 Å². The highest BCUT2D eigenvalue weighted by Crippen LogP contribution is 2.50. The van der Waals surface area contributed by atoms with Crippen LogP contribution in [0.3, 0.4) is 0 Å². The van der Waals surface area contributed by atoms with Crippen molar-refractivity contribution in [2.75, 3.05) is 145 Å². The van der Waals surface area contributed by atoms with E-state index < -0.39 is 79.5 Å². The number of rotatable bonds is 11. The number of carbonyl (C=O) groups excluding carboxylic acids is 10. The first-order valence-corrected chi connectivity index (χ1v) is 47.1. The lowest BCUT2D eigenvalue weighted by molar-refractivity contribution is -0.385. The Morgan fingerprint density at radius 1 is 0.428 bits per heavy atom. The van der Waals surface area contributed by atoms with Crippen LogP contribution in [0.25, 0.3) is 22.1 Å². The Kier molecular flexibility index (Phi) is 34.1. The maximum atomic E-state index is 14.7. The highest BCUT2D eigenvalue weighted by atomic mass is 35.5. The van der Waals surface area contributed by atoms with Gasteiger partial charge < -0.3 is 69.6 Å². The SMILES string of the molecule is C.CC(C)(C)OC(=O)N1C(=O)C2(CCCCC2)n2c(cc3cnc(Cl)nc32)N1C(=O)OC(C)(C)C.CCN1CCN(C(=O)c2ccc(N)cc2)CC1.CCN1CCN(C(=O)c2ccc(Nc3ncc4cc5n(c4n3)C3(CCCCC3)C(=O)N(C(=O)OC(C)(C)C)N5C(=O)OC(C)(C)C)cc2)CC1.CCN1CCN(C(=O)c2ccc([N+](=O)[O-])cc2)CC1.O=C(c1ccc([N+](=O)[O-])cc1)N1CCNCC1. The first kappa shape index (κ1) is 105. The molecule has 8 aromatic rings. The molecule has 138 heavy (non-hydrogen) atoms. The second-order valence-electron chi connectivity index (χ2n) is 38.7. The van der Waals surface area contributed by atoms with Crippen LogP contribution in [0.15, 0.2) is 122 Å². The van der Waals surface area contributed by atoms with Crippen LogP contribution in [0.5, 0.6) is 0 Å². The number of nitrogens with two attached hydrogens (primary N) is 1. The van der Waals surface area contributed by atoms with Gasteiger partial charge in [0, 0.05) is 186 Å². The van der Waals surface area contributed by atoms with Crippen molar-refractivity contribution in [1.82, 2.24) is 78.7 Å². The Labute approximate surface area is 808 Å². The molecular weight excluding hydrogens is 1800 g/mol. The van der Waals surface area contributed by atoms with Crippen LogP contribution >= 0.6 is 11.6 Å². The van der Waals surface area contributed by atoms with Crippen molar-refractivity contribution in [3.05, 3.63) is 169 Å². The molecule has 744 valence electrons. The molecule has 0 bridgehead atoms.